The van der Waals surface area contributed by atoms with Gasteiger partial charge >= 0.3 is 11.9 Å². The van der Waals surface area contributed by atoms with Gasteiger partial charge in [0.1, 0.15) is 11.9 Å². The van der Waals surface area contributed by atoms with Gasteiger partial charge in [-0.2, -0.15) is 0 Å². The number of carbonyl (C=O) groups is 4. The highest BCUT2D eigenvalue weighted by atomic mass is 35.5. The Morgan fingerprint density at radius 3 is 2.42 bits per heavy atom. The van der Waals surface area contributed by atoms with E-state index in [4.69, 9.17) is 16.3 Å². The predicted molar refractivity (Wildman–Crippen MR) is 121 cm³/mol. The van der Waals surface area contributed by atoms with Crippen molar-refractivity contribution < 1.29 is 28.3 Å². The number of rotatable bonds is 7. The first-order valence-corrected chi connectivity index (χ1v) is 11.0. The maximum Gasteiger partial charge on any atom is 0.397 e. The Hall–Kier alpha value is -2.94. The molecule has 1 heterocycles. The summed E-state index contributed by atoms with van der Waals surface area (Å²) in [4.78, 5) is 55.0. The fourth-order valence-electron chi connectivity index (χ4n) is 3.58. The average molecular weight is 482 g/mol. The van der Waals surface area contributed by atoms with E-state index in [1.165, 1.54) is 28.0 Å². The number of halogens is 2. The van der Waals surface area contributed by atoms with Crippen LogP contribution in [0, 0.1) is 5.82 Å². The average Bonchev–Trinajstić information content (AvgIpc) is 2.74. The molecule has 3 amide bonds. The summed E-state index contributed by atoms with van der Waals surface area (Å²) < 4.78 is 18.3. The largest absolute Gasteiger partial charge is 0.459 e. The number of hydrogen-bond donors (Lipinski definition) is 0. The predicted octanol–water partition coefficient (Wildman–Crippen LogP) is 2.39. The van der Waals surface area contributed by atoms with E-state index in [0.717, 1.165) is 4.90 Å². The van der Waals surface area contributed by atoms with E-state index < -0.39 is 35.7 Å². The minimum atomic E-state index is -1.12. The molecule has 1 aliphatic heterocycles. The number of likely N-dealkylation sites (N-methyl/N-ethyl adjacent to an activating group) is 1. The molecule has 2 rings (SSSR count). The van der Waals surface area contributed by atoms with Crippen LogP contribution in [0.25, 0.3) is 0 Å². The Labute approximate surface area is 197 Å². The van der Waals surface area contributed by atoms with E-state index in [1.807, 2.05) is 0 Å². The fraction of sp³-hybridized carbons (Fsp3) is 0.478. The minimum Gasteiger partial charge on any atom is -0.459 e. The summed E-state index contributed by atoms with van der Waals surface area (Å²) in [5.41, 5.74) is 1.09. The third-order valence-corrected chi connectivity index (χ3v) is 5.48. The van der Waals surface area contributed by atoms with Gasteiger partial charge in [0.15, 0.2) is 0 Å². The molecule has 1 aromatic rings. The second-order valence-electron chi connectivity index (χ2n) is 8.14. The van der Waals surface area contributed by atoms with Gasteiger partial charge < -0.3 is 19.4 Å². The maximum atomic E-state index is 13.4. The van der Waals surface area contributed by atoms with Crippen molar-refractivity contribution in [3.8, 4) is 0 Å². The summed E-state index contributed by atoms with van der Waals surface area (Å²) in [5.74, 6) is -3.33. The SMILES string of the molecule is CCOC(=O)C(=O)N(C(C)C)C(C(=O)N(C)C)C1=CC(=O)N(Cc2ccc(F)c(Cl)c2)CC1. The lowest BCUT2D eigenvalue weighted by Crippen LogP contribution is -2.56. The number of hydrogen-bond acceptors (Lipinski definition) is 5. The van der Waals surface area contributed by atoms with E-state index in [1.54, 1.807) is 40.9 Å². The van der Waals surface area contributed by atoms with Crippen molar-refractivity contribution in [2.24, 2.45) is 0 Å². The van der Waals surface area contributed by atoms with Crippen LogP contribution in [0.3, 0.4) is 0 Å². The molecule has 1 aliphatic rings. The summed E-state index contributed by atoms with van der Waals surface area (Å²) in [5, 5.41) is -0.0325. The lowest BCUT2D eigenvalue weighted by Gasteiger charge is -2.38. The van der Waals surface area contributed by atoms with Crippen LogP contribution < -0.4 is 0 Å². The molecular formula is C23H29ClFN3O5. The van der Waals surface area contributed by atoms with E-state index in [-0.39, 0.29) is 30.6 Å². The van der Waals surface area contributed by atoms with Crippen LogP contribution in [0.5, 0.6) is 0 Å². The first-order chi connectivity index (χ1) is 15.5. The van der Waals surface area contributed by atoms with Gasteiger partial charge in [0, 0.05) is 39.3 Å². The van der Waals surface area contributed by atoms with E-state index in [0.29, 0.717) is 17.6 Å². The molecule has 0 aromatic heterocycles. The highest BCUT2D eigenvalue weighted by molar-refractivity contribution is 6.33. The second-order valence-corrected chi connectivity index (χ2v) is 8.55. The van der Waals surface area contributed by atoms with Crippen LogP contribution in [0.1, 0.15) is 32.8 Å². The van der Waals surface area contributed by atoms with Gasteiger partial charge in [-0.15, -0.1) is 0 Å². The van der Waals surface area contributed by atoms with E-state index in [9.17, 15) is 23.6 Å². The number of benzene rings is 1. The highest BCUT2D eigenvalue weighted by Gasteiger charge is 2.40. The molecule has 33 heavy (non-hydrogen) atoms. The monoisotopic (exact) mass is 481 g/mol. The summed E-state index contributed by atoms with van der Waals surface area (Å²) >= 11 is 5.83. The quantitative estimate of drug-likeness (QED) is 0.441. The Morgan fingerprint density at radius 2 is 1.91 bits per heavy atom. The van der Waals surface area contributed by atoms with Gasteiger partial charge in [-0.05, 0) is 50.5 Å². The molecule has 0 bridgehead atoms. The number of amides is 3. The van der Waals surface area contributed by atoms with E-state index >= 15 is 0 Å². The van der Waals surface area contributed by atoms with Crippen molar-refractivity contribution in [3.63, 3.8) is 0 Å². The van der Waals surface area contributed by atoms with Crippen LogP contribution >= 0.6 is 11.6 Å². The molecular weight excluding hydrogens is 453 g/mol. The number of carbonyl (C=O) groups excluding carboxylic acids is 4. The lowest BCUT2D eigenvalue weighted by molar-refractivity contribution is -0.163. The Balaban J connectivity index is 2.36. The zero-order valence-corrected chi connectivity index (χ0v) is 20.2. The Morgan fingerprint density at radius 1 is 1.24 bits per heavy atom. The molecule has 0 N–H and O–H groups in total. The first-order valence-electron chi connectivity index (χ1n) is 10.6. The molecule has 0 aliphatic carbocycles. The van der Waals surface area contributed by atoms with Crippen LogP contribution in [0.15, 0.2) is 29.8 Å². The third kappa shape index (κ3) is 6.31. The van der Waals surface area contributed by atoms with Gasteiger partial charge in [-0.3, -0.25) is 14.4 Å². The zero-order chi connectivity index (χ0) is 24.9. The normalized spacial score (nSPS) is 14.6. The van der Waals surface area contributed by atoms with Crippen LogP contribution in [-0.2, 0) is 30.5 Å². The highest BCUT2D eigenvalue weighted by Crippen LogP contribution is 2.25. The molecule has 0 radical (unpaired) electrons. The number of nitrogens with zero attached hydrogens (tertiary/aromatic N) is 3. The van der Waals surface area contributed by atoms with Crippen molar-refractivity contribution in [1.29, 1.82) is 0 Å². The number of ether oxygens (including phenoxy) is 1. The lowest BCUT2D eigenvalue weighted by atomic mass is 9.95. The third-order valence-electron chi connectivity index (χ3n) is 5.19. The molecule has 1 unspecified atom stereocenters. The summed E-state index contributed by atoms with van der Waals surface area (Å²) in [6.07, 6.45) is 1.64. The topological polar surface area (TPSA) is 87.2 Å². The van der Waals surface area contributed by atoms with Crippen molar-refractivity contribution in [2.45, 2.75) is 45.8 Å². The molecule has 1 aromatic carbocycles. The van der Waals surface area contributed by atoms with Gasteiger partial charge in [0.05, 0.1) is 11.6 Å². The summed E-state index contributed by atoms with van der Waals surface area (Å²) in [6.45, 7) is 5.46. The molecule has 180 valence electrons. The molecule has 0 saturated heterocycles. The Kier molecular flexibility index (Phi) is 8.99. The zero-order valence-electron chi connectivity index (χ0n) is 19.4. The van der Waals surface area contributed by atoms with Gasteiger partial charge in [0.25, 0.3) is 0 Å². The molecule has 10 heteroatoms. The van der Waals surface area contributed by atoms with Gasteiger partial charge in [-0.25, -0.2) is 9.18 Å². The molecule has 1 atom stereocenters. The van der Waals surface area contributed by atoms with Crippen molar-refractivity contribution in [3.05, 3.63) is 46.3 Å². The summed E-state index contributed by atoms with van der Waals surface area (Å²) in [7, 11) is 3.08. The first kappa shape index (κ1) is 26.3. The minimum absolute atomic E-state index is 0.0202. The van der Waals surface area contributed by atoms with Gasteiger partial charge in [0.2, 0.25) is 11.8 Å². The standard InChI is InChI=1S/C23H29ClFN3O5/c1-6-33-23(32)22(31)28(14(2)3)20(21(30)26(4)5)16-9-10-27(19(29)12-16)13-15-7-8-18(25)17(24)11-15/h7-8,11-12,14,20H,6,9-10,13H2,1-5H3. The Bertz CT molecular complexity index is 963. The van der Waals surface area contributed by atoms with Crippen molar-refractivity contribution >= 4 is 35.3 Å². The summed E-state index contributed by atoms with van der Waals surface area (Å²) in [6, 6.07) is 2.61. The van der Waals surface area contributed by atoms with Crippen LogP contribution in [-0.4, -0.2) is 77.7 Å². The molecule has 0 spiro atoms. The van der Waals surface area contributed by atoms with Crippen LogP contribution in [0.2, 0.25) is 5.02 Å². The molecule has 0 fully saturated rings. The molecule has 8 nitrogen and oxygen atoms in total. The van der Waals surface area contributed by atoms with Crippen molar-refractivity contribution in [2.75, 3.05) is 27.2 Å². The molecule has 0 saturated carbocycles. The number of esters is 1. The smallest absolute Gasteiger partial charge is 0.397 e. The van der Waals surface area contributed by atoms with Crippen molar-refractivity contribution in [1.82, 2.24) is 14.7 Å². The van der Waals surface area contributed by atoms with E-state index in [2.05, 4.69) is 0 Å². The van der Waals surface area contributed by atoms with Crippen LogP contribution in [0.4, 0.5) is 4.39 Å². The van der Waals surface area contributed by atoms with Gasteiger partial charge in [-0.1, -0.05) is 17.7 Å². The maximum absolute atomic E-state index is 13.4. The fourth-order valence-corrected chi connectivity index (χ4v) is 3.78. The second kappa shape index (κ2) is 11.3.